The Hall–Kier alpha value is -5.80. The van der Waals surface area contributed by atoms with Crippen molar-refractivity contribution in [3.63, 3.8) is 0 Å². The van der Waals surface area contributed by atoms with Crippen molar-refractivity contribution in [2.75, 3.05) is 0 Å². The first-order valence-electron chi connectivity index (χ1n) is 14.5. The summed E-state index contributed by atoms with van der Waals surface area (Å²) in [5, 5.41) is 10.1. The maximum Gasteiger partial charge on any atom is 0.147 e. The minimum Gasteiger partial charge on any atom is -0.464 e. The van der Waals surface area contributed by atoms with Gasteiger partial charge in [-0.3, -0.25) is 0 Å². The van der Waals surface area contributed by atoms with Crippen molar-refractivity contribution in [3.05, 3.63) is 134 Å². The highest BCUT2D eigenvalue weighted by Crippen LogP contribution is 2.49. The Bertz CT molecular complexity index is 2680. The molecule has 0 atom stereocenters. The highest BCUT2D eigenvalue weighted by atomic mass is 16.3. The molecule has 43 heavy (non-hydrogen) atoms. The minimum atomic E-state index is 0.832. The number of rotatable bonds is 2. The second kappa shape index (κ2) is 8.37. The van der Waals surface area contributed by atoms with Crippen LogP contribution in [-0.4, -0.2) is 0 Å². The Kier molecular flexibility index (Phi) is 4.45. The summed E-state index contributed by atoms with van der Waals surface area (Å²) < 4.78 is 19.2. The lowest BCUT2D eigenvalue weighted by Gasteiger charge is -2.18. The third-order valence-corrected chi connectivity index (χ3v) is 8.93. The van der Waals surface area contributed by atoms with Crippen LogP contribution in [0.25, 0.3) is 98.6 Å². The summed E-state index contributed by atoms with van der Waals surface area (Å²) in [5.74, 6) is 0. The van der Waals surface area contributed by atoms with Gasteiger partial charge in [0.05, 0.1) is 11.8 Å². The largest absolute Gasteiger partial charge is 0.464 e. The molecule has 0 N–H and O–H groups in total. The van der Waals surface area contributed by atoms with Gasteiger partial charge in [0.15, 0.2) is 0 Å². The van der Waals surface area contributed by atoms with E-state index in [0.29, 0.717) is 0 Å². The highest BCUT2D eigenvalue weighted by molar-refractivity contribution is 6.28. The molecule has 0 aliphatic heterocycles. The van der Waals surface area contributed by atoms with Crippen molar-refractivity contribution >= 4 is 76.4 Å². The molecule has 200 valence electrons. The van der Waals surface area contributed by atoms with E-state index in [0.717, 1.165) is 82.3 Å². The summed E-state index contributed by atoms with van der Waals surface area (Å²) in [7, 11) is 0. The van der Waals surface area contributed by atoms with Crippen LogP contribution in [0.2, 0.25) is 0 Å². The number of hydrogen-bond acceptors (Lipinski definition) is 3. The van der Waals surface area contributed by atoms with E-state index in [4.69, 9.17) is 13.3 Å². The Morgan fingerprint density at radius 3 is 1.60 bits per heavy atom. The van der Waals surface area contributed by atoms with Crippen molar-refractivity contribution in [3.8, 4) is 22.3 Å². The van der Waals surface area contributed by atoms with Gasteiger partial charge in [0.25, 0.3) is 0 Å². The van der Waals surface area contributed by atoms with Crippen LogP contribution in [-0.2, 0) is 0 Å². The van der Waals surface area contributed by atoms with Crippen molar-refractivity contribution < 1.29 is 13.3 Å². The van der Waals surface area contributed by atoms with Crippen molar-refractivity contribution in [1.82, 2.24) is 0 Å². The van der Waals surface area contributed by atoms with E-state index in [1.54, 1.807) is 6.26 Å². The molecule has 0 amide bonds. The molecule has 3 nitrogen and oxygen atoms in total. The van der Waals surface area contributed by atoms with E-state index < -0.39 is 0 Å². The molecule has 0 fully saturated rings. The number of fused-ring (bicyclic) bond motifs is 9. The van der Waals surface area contributed by atoms with Crippen molar-refractivity contribution in [1.29, 1.82) is 0 Å². The van der Waals surface area contributed by atoms with Gasteiger partial charge in [-0.15, -0.1) is 0 Å². The van der Waals surface area contributed by atoms with Gasteiger partial charge in [0.1, 0.15) is 27.9 Å². The molecule has 7 aromatic carbocycles. The molecule has 10 aromatic rings. The van der Waals surface area contributed by atoms with Crippen LogP contribution in [0, 0.1) is 0 Å². The summed E-state index contributed by atoms with van der Waals surface area (Å²) in [6, 6.07) is 44.7. The van der Waals surface area contributed by atoms with Gasteiger partial charge in [-0.25, -0.2) is 0 Å². The van der Waals surface area contributed by atoms with Crippen LogP contribution in [0.5, 0.6) is 0 Å². The molecular weight excluding hydrogens is 528 g/mol. The standard InChI is InChI=1S/C40H22O3/c1-3-13-30-28(11-1)36(23-17-18-27-25-9-5-7-15-33(25)42-35(27)22-23)29-12-2-4-14-31(29)37(30)38-39-24(19-20-41-39)21-32-26-10-6-8-16-34(26)43-40(32)38/h1-22H. The second-order valence-corrected chi connectivity index (χ2v) is 11.2. The maximum atomic E-state index is 6.63. The van der Waals surface area contributed by atoms with Crippen LogP contribution in [0.1, 0.15) is 0 Å². The normalized spacial score (nSPS) is 12.2. The predicted octanol–water partition coefficient (Wildman–Crippen LogP) is 11.9. The highest BCUT2D eigenvalue weighted by Gasteiger charge is 2.24. The van der Waals surface area contributed by atoms with Gasteiger partial charge < -0.3 is 13.3 Å². The Balaban J connectivity index is 1.37. The number of para-hydroxylation sites is 2. The monoisotopic (exact) mass is 550 g/mol. The fourth-order valence-electron chi connectivity index (χ4n) is 7.11. The molecule has 0 aliphatic rings. The summed E-state index contributed by atoms with van der Waals surface area (Å²) in [5.41, 5.74) is 8.75. The van der Waals surface area contributed by atoms with E-state index in [1.165, 1.54) is 16.3 Å². The second-order valence-electron chi connectivity index (χ2n) is 11.2. The molecule has 3 heterocycles. The van der Waals surface area contributed by atoms with Gasteiger partial charge >= 0.3 is 0 Å². The molecule has 0 saturated carbocycles. The van der Waals surface area contributed by atoms with Crippen molar-refractivity contribution in [2.24, 2.45) is 0 Å². The molecule has 0 radical (unpaired) electrons. The molecule has 0 unspecified atom stereocenters. The van der Waals surface area contributed by atoms with E-state index in [2.05, 4.69) is 97.1 Å². The van der Waals surface area contributed by atoms with Gasteiger partial charge in [-0.1, -0.05) is 91.0 Å². The Morgan fingerprint density at radius 2 is 0.907 bits per heavy atom. The maximum absolute atomic E-state index is 6.63. The first-order valence-corrected chi connectivity index (χ1v) is 14.5. The zero-order chi connectivity index (χ0) is 28.1. The molecule has 0 spiro atoms. The van der Waals surface area contributed by atoms with Gasteiger partial charge in [0.2, 0.25) is 0 Å². The first kappa shape index (κ1) is 22.8. The number of furan rings is 3. The topological polar surface area (TPSA) is 39.4 Å². The third-order valence-electron chi connectivity index (χ3n) is 8.93. The average molecular weight is 551 g/mol. The lowest BCUT2D eigenvalue weighted by atomic mass is 9.85. The number of benzene rings is 7. The zero-order valence-corrected chi connectivity index (χ0v) is 22.9. The smallest absolute Gasteiger partial charge is 0.147 e. The third kappa shape index (κ3) is 3.08. The molecular formula is C40H22O3. The molecule has 3 heteroatoms. The van der Waals surface area contributed by atoms with Gasteiger partial charge in [-0.05, 0) is 69.1 Å². The lowest BCUT2D eigenvalue weighted by molar-refractivity contribution is 0.615. The van der Waals surface area contributed by atoms with E-state index >= 15 is 0 Å². The van der Waals surface area contributed by atoms with Crippen molar-refractivity contribution in [2.45, 2.75) is 0 Å². The van der Waals surface area contributed by atoms with Crippen LogP contribution in [0.15, 0.2) is 147 Å². The van der Waals surface area contributed by atoms with Crippen LogP contribution < -0.4 is 0 Å². The van der Waals surface area contributed by atoms with Gasteiger partial charge in [0, 0.05) is 32.5 Å². The molecule has 0 aliphatic carbocycles. The summed E-state index contributed by atoms with van der Waals surface area (Å²) >= 11 is 0. The van der Waals surface area contributed by atoms with E-state index in [-0.39, 0.29) is 0 Å². The van der Waals surface area contributed by atoms with Crippen LogP contribution in [0.4, 0.5) is 0 Å². The zero-order valence-electron chi connectivity index (χ0n) is 22.9. The fourth-order valence-corrected chi connectivity index (χ4v) is 7.11. The summed E-state index contributed by atoms with van der Waals surface area (Å²) in [4.78, 5) is 0. The minimum absolute atomic E-state index is 0.832. The SMILES string of the molecule is c1ccc2c(c1)oc1cc(-c3c4ccccc4c(-c4c5occc5cc5c4oc4ccccc45)c4ccccc34)ccc12. The molecule has 10 rings (SSSR count). The van der Waals surface area contributed by atoms with E-state index in [1.807, 2.05) is 30.3 Å². The summed E-state index contributed by atoms with van der Waals surface area (Å²) in [6.45, 7) is 0. The quantitative estimate of drug-likeness (QED) is 0.201. The molecule has 0 saturated heterocycles. The Morgan fingerprint density at radius 1 is 0.349 bits per heavy atom. The summed E-state index contributed by atoms with van der Waals surface area (Å²) in [6.07, 6.45) is 1.77. The Labute approximate surface area is 245 Å². The van der Waals surface area contributed by atoms with Crippen LogP contribution >= 0.6 is 0 Å². The molecule has 3 aromatic heterocycles. The van der Waals surface area contributed by atoms with E-state index in [9.17, 15) is 0 Å². The predicted molar refractivity (Wildman–Crippen MR) is 177 cm³/mol. The van der Waals surface area contributed by atoms with Crippen LogP contribution in [0.3, 0.4) is 0 Å². The molecule has 0 bridgehead atoms. The number of hydrogen-bond donors (Lipinski definition) is 0. The first-order chi connectivity index (χ1) is 21.3. The average Bonchev–Trinajstić information content (AvgIpc) is 3.77. The van der Waals surface area contributed by atoms with Gasteiger partial charge in [-0.2, -0.15) is 0 Å². The lowest BCUT2D eigenvalue weighted by Crippen LogP contribution is -1.91. The fraction of sp³-hybridized carbons (Fsp3) is 0.